The number of aryl methyl sites for hydroxylation is 1. The van der Waals surface area contributed by atoms with Crippen LogP contribution < -0.4 is 10.1 Å². The van der Waals surface area contributed by atoms with Crippen LogP contribution in [0.4, 0.5) is 10.2 Å². The number of amides is 1. The molecule has 0 saturated heterocycles. The lowest BCUT2D eigenvalue weighted by Crippen LogP contribution is -2.13. The van der Waals surface area contributed by atoms with Gasteiger partial charge in [-0.25, -0.2) is 4.39 Å². The number of rotatable bonds is 3. The summed E-state index contributed by atoms with van der Waals surface area (Å²) >= 11 is 0. The van der Waals surface area contributed by atoms with Crippen LogP contribution in [-0.2, 0) is 7.05 Å². The number of hydrogen-bond donors (Lipinski definition) is 1. The summed E-state index contributed by atoms with van der Waals surface area (Å²) in [5, 5.41) is 7.11. The van der Waals surface area contributed by atoms with Crippen molar-refractivity contribution in [3.8, 4) is 5.75 Å². The lowest BCUT2D eigenvalue weighted by molar-refractivity contribution is 0.102. The Labute approximate surface area is 126 Å². The van der Waals surface area contributed by atoms with E-state index in [1.165, 1.54) is 17.9 Å². The minimum atomic E-state index is -0.424. The number of nitrogens with one attached hydrogen (secondary N) is 1. The van der Waals surface area contributed by atoms with Crippen LogP contribution in [0.5, 0.6) is 5.75 Å². The molecule has 22 heavy (non-hydrogen) atoms. The van der Waals surface area contributed by atoms with Crippen LogP contribution in [0.3, 0.4) is 0 Å². The van der Waals surface area contributed by atoms with E-state index in [0.717, 1.165) is 0 Å². The molecule has 0 bridgehead atoms. The lowest BCUT2D eigenvalue weighted by atomic mass is 10.2. The molecule has 0 aliphatic heterocycles. The highest BCUT2D eigenvalue weighted by molar-refractivity contribution is 6.08. The molecule has 1 N–H and O–H groups in total. The van der Waals surface area contributed by atoms with Crippen LogP contribution in [0.1, 0.15) is 10.4 Å². The van der Waals surface area contributed by atoms with E-state index >= 15 is 0 Å². The Morgan fingerprint density at radius 1 is 1.27 bits per heavy atom. The first-order valence-electron chi connectivity index (χ1n) is 6.67. The monoisotopic (exact) mass is 299 g/mol. The number of nitrogens with zero attached hydrogens (tertiary/aromatic N) is 2. The third-order valence-corrected chi connectivity index (χ3v) is 3.39. The number of hydrogen-bond acceptors (Lipinski definition) is 3. The zero-order valence-electron chi connectivity index (χ0n) is 12.1. The van der Waals surface area contributed by atoms with Crippen molar-refractivity contribution >= 4 is 22.6 Å². The third kappa shape index (κ3) is 2.39. The topological polar surface area (TPSA) is 56.1 Å². The fraction of sp³-hybridized carbons (Fsp3) is 0.125. The maximum absolute atomic E-state index is 14.0. The Kier molecular flexibility index (Phi) is 3.50. The summed E-state index contributed by atoms with van der Waals surface area (Å²) in [4.78, 5) is 12.3. The predicted molar refractivity (Wildman–Crippen MR) is 81.6 cm³/mol. The van der Waals surface area contributed by atoms with E-state index < -0.39 is 5.82 Å². The van der Waals surface area contributed by atoms with Gasteiger partial charge in [0.15, 0.2) is 5.82 Å². The molecule has 0 radical (unpaired) electrons. The second-order valence-corrected chi connectivity index (χ2v) is 4.79. The quantitative estimate of drug-likeness (QED) is 0.809. The number of aromatic nitrogens is 2. The number of anilines is 1. The van der Waals surface area contributed by atoms with E-state index in [4.69, 9.17) is 4.74 Å². The van der Waals surface area contributed by atoms with Gasteiger partial charge in [0.2, 0.25) is 0 Å². The summed E-state index contributed by atoms with van der Waals surface area (Å²) in [5.41, 5.74) is 1.02. The van der Waals surface area contributed by atoms with Crippen LogP contribution in [0.2, 0.25) is 0 Å². The maximum atomic E-state index is 14.0. The molecule has 0 saturated carbocycles. The highest BCUT2D eigenvalue weighted by atomic mass is 19.1. The second kappa shape index (κ2) is 5.48. The van der Waals surface area contributed by atoms with Crippen LogP contribution in [0.25, 0.3) is 10.9 Å². The number of methoxy groups -OCH3 is 1. The van der Waals surface area contributed by atoms with Crippen LogP contribution in [-0.4, -0.2) is 22.8 Å². The molecule has 0 aliphatic rings. The smallest absolute Gasteiger partial charge is 0.257 e. The summed E-state index contributed by atoms with van der Waals surface area (Å²) in [6, 6.07) is 11.4. The molecule has 1 aromatic heterocycles. The number of benzene rings is 2. The van der Waals surface area contributed by atoms with Gasteiger partial charge in [-0.3, -0.25) is 9.48 Å². The largest absolute Gasteiger partial charge is 0.497 e. The number of halogens is 1. The normalized spacial score (nSPS) is 10.7. The van der Waals surface area contributed by atoms with E-state index in [9.17, 15) is 9.18 Å². The number of carbonyl (C=O) groups excluding carboxylic acids is 1. The average molecular weight is 299 g/mol. The maximum Gasteiger partial charge on any atom is 0.257 e. The van der Waals surface area contributed by atoms with Gasteiger partial charge in [0.1, 0.15) is 11.6 Å². The molecule has 6 heteroatoms. The molecule has 0 spiro atoms. The summed E-state index contributed by atoms with van der Waals surface area (Å²) in [6.45, 7) is 0. The Bertz CT molecular complexity index is 858. The SMILES string of the molecule is COc1cccc(C(=O)Nc2nn(C)c3cccc(F)c23)c1. The van der Waals surface area contributed by atoms with Gasteiger partial charge in [-0.2, -0.15) is 5.10 Å². The minimum absolute atomic E-state index is 0.198. The molecule has 3 aromatic rings. The van der Waals surface area contributed by atoms with Crippen LogP contribution >= 0.6 is 0 Å². The first-order valence-corrected chi connectivity index (χ1v) is 6.67. The Hall–Kier alpha value is -2.89. The number of carbonyl (C=O) groups is 1. The molecule has 3 rings (SSSR count). The van der Waals surface area contributed by atoms with Gasteiger partial charge in [0.25, 0.3) is 5.91 Å². The molecule has 0 fully saturated rings. The van der Waals surface area contributed by atoms with E-state index in [2.05, 4.69) is 10.4 Å². The highest BCUT2D eigenvalue weighted by Crippen LogP contribution is 2.25. The van der Waals surface area contributed by atoms with Crippen LogP contribution in [0.15, 0.2) is 42.5 Å². The van der Waals surface area contributed by atoms with E-state index in [0.29, 0.717) is 22.2 Å². The zero-order valence-corrected chi connectivity index (χ0v) is 12.1. The van der Waals surface area contributed by atoms with Gasteiger partial charge in [-0.15, -0.1) is 0 Å². The number of fused-ring (bicyclic) bond motifs is 1. The van der Waals surface area contributed by atoms with Crippen molar-refractivity contribution in [2.75, 3.05) is 12.4 Å². The van der Waals surface area contributed by atoms with E-state index in [1.807, 2.05) is 0 Å². The highest BCUT2D eigenvalue weighted by Gasteiger charge is 2.16. The minimum Gasteiger partial charge on any atom is -0.497 e. The Balaban J connectivity index is 1.97. The first kappa shape index (κ1) is 14.1. The summed E-state index contributed by atoms with van der Waals surface area (Å²) < 4.78 is 20.6. The molecule has 1 amide bonds. The third-order valence-electron chi connectivity index (χ3n) is 3.39. The summed E-state index contributed by atoms with van der Waals surface area (Å²) in [5.74, 6) is -0.0261. The Morgan fingerprint density at radius 3 is 2.82 bits per heavy atom. The molecular formula is C16H14FN3O2. The van der Waals surface area contributed by atoms with Crippen molar-refractivity contribution in [3.05, 3.63) is 53.8 Å². The van der Waals surface area contributed by atoms with Crippen molar-refractivity contribution in [1.82, 2.24) is 9.78 Å². The zero-order chi connectivity index (χ0) is 15.7. The average Bonchev–Trinajstić information content (AvgIpc) is 2.85. The molecule has 112 valence electrons. The molecule has 0 aliphatic carbocycles. The van der Waals surface area contributed by atoms with E-state index in [1.54, 1.807) is 43.4 Å². The van der Waals surface area contributed by atoms with Crippen molar-refractivity contribution in [3.63, 3.8) is 0 Å². The molecule has 0 unspecified atom stereocenters. The predicted octanol–water partition coefficient (Wildman–Crippen LogP) is 2.97. The molecule has 1 heterocycles. The van der Waals surface area contributed by atoms with Gasteiger partial charge >= 0.3 is 0 Å². The lowest BCUT2D eigenvalue weighted by Gasteiger charge is -2.05. The molecular weight excluding hydrogens is 285 g/mol. The van der Waals surface area contributed by atoms with Crippen LogP contribution in [0, 0.1) is 5.82 Å². The standard InChI is InChI=1S/C16H14FN3O2/c1-20-13-8-4-7-12(17)14(13)15(19-20)18-16(21)10-5-3-6-11(9-10)22-2/h3-9H,1-2H3,(H,18,19,21). The second-order valence-electron chi connectivity index (χ2n) is 4.79. The first-order chi connectivity index (χ1) is 10.6. The fourth-order valence-electron chi connectivity index (χ4n) is 2.30. The van der Waals surface area contributed by atoms with Gasteiger partial charge in [-0.05, 0) is 30.3 Å². The van der Waals surface area contributed by atoms with Gasteiger partial charge in [-0.1, -0.05) is 12.1 Å². The van der Waals surface area contributed by atoms with E-state index in [-0.39, 0.29) is 11.7 Å². The number of ether oxygens (including phenoxy) is 1. The molecule has 5 nitrogen and oxygen atoms in total. The summed E-state index contributed by atoms with van der Waals surface area (Å²) in [6.07, 6.45) is 0. The summed E-state index contributed by atoms with van der Waals surface area (Å²) in [7, 11) is 3.22. The van der Waals surface area contributed by atoms with Crippen molar-refractivity contribution in [1.29, 1.82) is 0 Å². The van der Waals surface area contributed by atoms with Gasteiger partial charge in [0, 0.05) is 12.6 Å². The fourth-order valence-corrected chi connectivity index (χ4v) is 2.30. The Morgan fingerprint density at radius 2 is 2.05 bits per heavy atom. The van der Waals surface area contributed by atoms with Gasteiger partial charge < -0.3 is 10.1 Å². The molecule has 2 aromatic carbocycles. The van der Waals surface area contributed by atoms with Crippen molar-refractivity contribution in [2.24, 2.45) is 7.05 Å². The molecule has 0 atom stereocenters. The van der Waals surface area contributed by atoms with Gasteiger partial charge in [0.05, 0.1) is 18.0 Å². The van der Waals surface area contributed by atoms with Crippen molar-refractivity contribution in [2.45, 2.75) is 0 Å². The van der Waals surface area contributed by atoms with Crippen molar-refractivity contribution < 1.29 is 13.9 Å².